The Morgan fingerprint density at radius 2 is 1.64 bits per heavy atom. The Balaban J connectivity index is 2.06. The standard InChI is InChI=1S/C26H24N2O5/c1-31-19-6-4-18(5-7-19)26-20-14-23(32-2)24(33-3)15-22(20)28(21(26)8-9-25(29)30)16-17-10-12-27-13-11-17/h4-15H,16H2,1-3H3,(H,29,30). The number of fused-ring (bicyclic) bond motifs is 1. The van der Waals surface area contributed by atoms with Crippen LogP contribution in [0.1, 0.15) is 11.3 Å². The predicted molar refractivity (Wildman–Crippen MR) is 127 cm³/mol. The summed E-state index contributed by atoms with van der Waals surface area (Å²) in [5.41, 5.74) is 4.49. The molecule has 4 rings (SSSR count). The zero-order valence-corrected chi connectivity index (χ0v) is 18.6. The average Bonchev–Trinajstić information content (AvgIpc) is 3.14. The zero-order valence-electron chi connectivity index (χ0n) is 18.6. The molecule has 0 spiro atoms. The molecule has 0 fully saturated rings. The van der Waals surface area contributed by atoms with Crippen LogP contribution in [0.4, 0.5) is 0 Å². The van der Waals surface area contributed by atoms with Crippen molar-refractivity contribution in [1.29, 1.82) is 0 Å². The van der Waals surface area contributed by atoms with Crippen molar-refractivity contribution < 1.29 is 24.1 Å². The molecule has 168 valence electrons. The van der Waals surface area contributed by atoms with Gasteiger partial charge in [0, 0.05) is 42.0 Å². The Labute approximate surface area is 191 Å². The molecule has 0 saturated carbocycles. The number of hydrogen-bond donors (Lipinski definition) is 1. The van der Waals surface area contributed by atoms with Gasteiger partial charge in [0.25, 0.3) is 0 Å². The minimum atomic E-state index is -1.02. The van der Waals surface area contributed by atoms with Crippen LogP contribution < -0.4 is 14.2 Å². The second-order valence-electron chi connectivity index (χ2n) is 7.33. The number of carbonyl (C=O) groups is 1. The highest BCUT2D eigenvalue weighted by Crippen LogP contribution is 2.42. The lowest BCUT2D eigenvalue weighted by atomic mass is 10.0. The molecule has 0 amide bonds. The van der Waals surface area contributed by atoms with Gasteiger partial charge in [0.15, 0.2) is 11.5 Å². The van der Waals surface area contributed by atoms with E-state index in [-0.39, 0.29) is 0 Å². The number of methoxy groups -OCH3 is 3. The summed E-state index contributed by atoms with van der Waals surface area (Å²) >= 11 is 0. The van der Waals surface area contributed by atoms with Crippen molar-refractivity contribution in [3.8, 4) is 28.4 Å². The average molecular weight is 444 g/mol. The van der Waals surface area contributed by atoms with E-state index < -0.39 is 5.97 Å². The van der Waals surface area contributed by atoms with E-state index in [1.54, 1.807) is 39.8 Å². The van der Waals surface area contributed by atoms with Crippen LogP contribution in [-0.2, 0) is 11.3 Å². The number of aliphatic carboxylic acids is 1. The summed E-state index contributed by atoms with van der Waals surface area (Å²) in [7, 11) is 4.80. The highest BCUT2D eigenvalue weighted by Gasteiger charge is 2.21. The number of aromatic nitrogens is 2. The molecule has 7 nitrogen and oxygen atoms in total. The maximum Gasteiger partial charge on any atom is 0.328 e. The number of carboxylic acids is 1. The Bertz CT molecular complexity index is 1310. The predicted octanol–water partition coefficient (Wildman–Crippen LogP) is 4.88. The first kappa shape index (κ1) is 22.0. The lowest BCUT2D eigenvalue weighted by Crippen LogP contribution is -2.03. The summed E-state index contributed by atoms with van der Waals surface area (Å²) in [6, 6.07) is 15.4. The maximum atomic E-state index is 11.4. The first-order chi connectivity index (χ1) is 16.0. The van der Waals surface area contributed by atoms with E-state index in [0.29, 0.717) is 18.0 Å². The third kappa shape index (κ3) is 4.39. The minimum absolute atomic E-state index is 0.518. The molecular weight excluding hydrogens is 420 g/mol. The maximum absolute atomic E-state index is 11.4. The molecule has 2 aromatic carbocycles. The third-order valence-electron chi connectivity index (χ3n) is 5.46. The van der Waals surface area contributed by atoms with Crippen molar-refractivity contribution in [2.24, 2.45) is 0 Å². The fourth-order valence-corrected chi connectivity index (χ4v) is 3.92. The first-order valence-corrected chi connectivity index (χ1v) is 10.3. The lowest BCUT2D eigenvalue weighted by Gasteiger charge is -2.11. The van der Waals surface area contributed by atoms with Crippen molar-refractivity contribution in [2.75, 3.05) is 21.3 Å². The van der Waals surface area contributed by atoms with Crippen LogP contribution in [-0.4, -0.2) is 42.0 Å². The van der Waals surface area contributed by atoms with Gasteiger partial charge >= 0.3 is 5.97 Å². The molecule has 2 aromatic heterocycles. The Morgan fingerprint density at radius 1 is 0.970 bits per heavy atom. The molecule has 0 saturated heterocycles. The Hall–Kier alpha value is -4.26. The minimum Gasteiger partial charge on any atom is -0.497 e. The van der Waals surface area contributed by atoms with Gasteiger partial charge in [-0.3, -0.25) is 4.98 Å². The summed E-state index contributed by atoms with van der Waals surface area (Å²) in [6.45, 7) is 0.518. The van der Waals surface area contributed by atoms with Crippen molar-refractivity contribution in [2.45, 2.75) is 6.54 Å². The summed E-state index contributed by atoms with van der Waals surface area (Å²) in [4.78, 5) is 15.5. The molecule has 0 radical (unpaired) electrons. The van der Waals surface area contributed by atoms with E-state index in [1.807, 2.05) is 48.5 Å². The molecule has 7 heteroatoms. The quantitative estimate of drug-likeness (QED) is 0.390. The highest BCUT2D eigenvalue weighted by atomic mass is 16.5. The van der Waals surface area contributed by atoms with Gasteiger partial charge in [0.05, 0.1) is 32.5 Å². The zero-order chi connectivity index (χ0) is 23.4. The van der Waals surface area contributed by atoms with Crippen LogP contribution in [0.5, 0.6) is 17.2 Å². The van der Waals surface area contributed by atoms with Gasteiger partial charge in [-0.1, -0.05) is 12.1 Å². The third-order valence-corrected chi connectivity index (χ3v) is 5.46. The molecular formula is C26H24N2O5. The summed E-state index contributed by atoms with van der Waals surface area (Å²) < 4.78 is 18.5. The summed E-state index contributed by atoms with van der Waals surface area (Å²) in [6.07, 6.45) is 6.25. The SMILES string of the molecule is COc1ccc(-c2c(C=CC(=O)O)n(Cc3ccncc3)c3cc(OC)c(OC)cc23)cc1. The lowest BCUT2D eigenvalue weighted by molar-refractivity contribution is -0.131. The molecule has 0 atom stereocenters. The van der Waals surface area contributed by atoms with E-state index in [4.69, 9.17) is 14.2 Å². The number of carboxylic acid groups (broad SMARTS) is 1. The number of hydrogen-bond acceptors (Lipinski definition) is 5. The van der Waals surface area contributed by atoms with Crippen molar-refractivity contribution in [1.82, 2.24) is 9.55 Å². The van der Waals surface area contributed by atoms with E-state index in [2.05, 4.69) is 9.55 Å². The number of benzene rings is 2. The molecule has 0 aliphatic carbocycles. The van der Waals surface area contributed by atoms with Gasteiger partial charge in [-0.25, -0.2) is 4.79 Å². The normalized spacial score (nSPS) is 11.1. The highest BCUT2D eigenvalue weighted by molar-refractivity contribution is 6.03. The van der Waals surface area contributed by atoms with E-state index in [0.717, 1.165) is 45.1 Å². The van der Waals surface area contributed by atoms with Crippen molar-refractivity contribution in [3.05, 3.63) is 78.3 Å². The van der Waals surface area contributed by atoms with Crippen LogP contribution >= 0.6 is 0 Å². The molecule has 4 aromatic rings. The van der Waals surface area contributed by atoms with Gasteiger partial charge in [0.2, 0.25) is 0 Å². The van der Waals surface area contributed by atoms with Gasteiger partial charge < -0.3 is 23.9 Å². The van der Waals surface area contributed by atoms with Crippen LogP contribution in [0.25, 0.3) is 28.1 Å². The smallest absolute Gasteiger partial charge is 0.328 e. The van der Waals surface area contributed by atoms with Gasteiger partial charge in [-0.2, -0.15) is 0 Å². The van der Waals surface area contributed by atoms with Crippen molar-refractivity contribution in [3.63, 3.8) is 0 Å². The number of pyridine rings is 1. The second kappa shape index (κ2) is 9.48. The van der Waals surface area contributed by atoms with Gasteiger partial charge in [-0.15, -0.1) is 0 Å². The first-order valence-electron chi connectivity index (χ1n) is 10.3. The summed E-state index contributed by atoms with van der Waals surface area (Å²) in [5.74, 6) is 0.899. The van der Waals surface area contributed by atoms with Crippen LogP contribution in [0.2, 0.25) is 0 Å². The molecule has 0 unspecified atom stereocenters. The molecule has 33 heavy (non-hydrogen) atoms. The Morgan fingerprint density at radius 3 is 2.24 bits per heavy atom. The fraction of sp³-hybridized carbons (Fsp3) is 0.154. The van der Waals surface area contributed by atoms with Crippen LogP contribution in [0, 0.1) is 0 Å². The molecule has 1 N–H and O–H groups in total. The van der Waals surface area contributed by atoms with Crippen molar-refractivity contribution >= 4 is 22.9 Å². The number of rotatable bonds is 8. The Kier molecular flexibility index (Phi) is 6.31. The molecule has 0 bridgehead atoms. The van der Waals surface area contributed by atoms with Gasteiger partial charge in [0.1, 0.15) is 5.75 Å². The number of nitrogens with zero attached hydrogens (tertiary/aromatic N) is 2. The second-order valence-corrected chi connectivity index (χ2v) is 7.33. The van der Waals surface area contributed by atoms with Crippen LogP contribution in [0.3, 0.4) is 0 Å². The fourth-order valence-electron chi connectivity index (χ4n) is 3.92. The van der Waals surface area contributed by atoms with E-state index >= 15 is 0 Å². The van der Waals surface area contributed by atoms with E-state index in [1.165, 1.54) is 0 Å². The summed E-state index contributed by atoms with van der Waals surface area (Å²) in [5, 5.41) is 10.3. The molecule has 2 heterocycles. The van der Waals surface area contributed by atoms with E-state index in [9.17, 15) is 9.90 Å². The monoisotopic (exact) mass is 444 g/mol. The van der Waals surface area contributed by atoms with Crippen LogP contribution in [0.15, 0.2) is 67.0 Å². The molecule has 0 aliphatic rings. The number of ether oxygens (including phenoxy) is 3. The molecule has 0 aliphatic heterocycles. The topological polar surface area (TPSA) is 82.8 Å². The van der Waals surface area contributed by atoms with Gasteiger partial charge in [-0.05, 0) is 47.5 Å². The largest absolute Gasteiger partial charge is 0.497 e.